The number of hydrogen-bond donors (Lipinski definition) is 0. The number of nitrogens with zero attached hydrogens (tertiary/aromatic N) is 1. The molecule has 5 heteroatoms. The number of carbonyl (C=O) groups excluding carboxylic acids is 1. The molecule has 0 atom stereocenters. The fraction of sp³-hybridized carbons (Fsp3) is 0.0435. The van der Waals surface area contributed by atoms with Gasteiger partial charge in [-0.05, 0) is 17.7 Å². The monoisotopic (exact) mass is 373 g/mol. The Morgan fingerprint density at radius 1 is 0.893 bits per heavy atom. The summed E-state index contributed by atoms with van der Waals surface area (Å²) in [6.45, 7) is 0.107. The van der Waals surface area contributed by atoms with E-state index in [-0.39, 0.29) is 29.5 Å². The van der Waals surface area contributed by atoms with Gasteiger partial charge in [-0.2, -0.15) is 0 Å². The molecule has 0 N–H and O–H groups in total. The fourth-order valence-electron chi connectivity index (χ4n) is 2.78. The Bertz CT molecular complexity index is 1090. The van der Waals surface area contributed by atoms with Gasteiger partial charge in [0.1, 0.15) is 12.4 Å². The molecule has 0 amide bonds. The molecular formula is C23H16FNO3. The van der Waals surface area contributed by atoms with Crippen LogP contribution in [-0.4, -0.2) is 11.0 Å². The molecule has 1 aromatic heterocycles. The van der Waals surface area contributed by atoms with E-state index in [2.05, 4.69) is 4.98 Å². The zero-order valence-corrected chi connectivity index (χ0v) is 14.8. The quantitative estimate of drug-likeness (QED) is 0.433. The van der Waals surface area contributed by atoms with Crippen LogP contribution < -0.4 is 0 Å². The molecular weight excluding hydrogens is 357 g/mol. The van der Waals surface area contributed by atoms with E-state index in [1.807, 2.05) is 48.5 Å². The lowest BCUT2D eigenvalue weighted by molar-refractivity contribution is 0.0467. The molecule has 0 fully saturated rings. The number of hydrogen-bond acceptors (Lipinski definition) is 4. The molecule has 0 unspecified atom stereocenters. The zero-order valence-electron chi connectivity index (χ0n) is 14.8. The maximum Gasteiger partial charge on any atom is 0.361 e. The number of benzene rings is 3. The first kappa shape index (κ1) is 17.7. The maximum atomic E-state index is 14.2. The third-order valence-electron chi connectivity index (χ3n) is 4.17. The molecule has 4 aromatic rings. The van der Waals surface area contributed by atoms with Crippen LogP contribution in [0.1, 0.15) is 16.1 Å². The first-order valence-corrected chi connectivity index (χ1v) is 8.74. The summed E-state index contributed by atoms with van der Waals surface area (Å²) in [5, 5.41) is 0. The molecule has 0 aliphatic rings. The van der Waals surface area contributed by atoms with Gasteiger partial charge < -0.3 is 9.15 Å². The lowest BCUT2D eigenvalue weighted by Gasteiger charge is -2.04. The highest BCUT2D eigenvalue weighted by Gasteiger charge is 2.24. The highest BCUT2D eigenvalue weighted by molar-refractivity contribution is 5.94. The summed E-state index contributed by atoms with van der Waals surface area (Å²) in [7, 11) is 0. The second-order valence-electron chi connectivity index (χ2n) is 6.10. The van der Waals surface area contributed by atoms with Crippen LogP contribution in [0, 0.1) is 5.82 Å². The molecule has 0 saturated carbocycles. The van der Waals surface area contributed by atoms with E-state index in [1.54, 1.807) is 30.3 Å². The molecule has 0 aliphatic heterocycles. The van der Waals surface area contributed by atoms with Crippen LogP contribution in [0.5, 0.6) is 0 Å². The molecule has 138 valence electrons. The van der Waals surface area contributed by atoms with Crippen LogP contribution in [0.3, 0.4) is 0 Å². The Hall–Kier alpha value is -3.73. The van der Waals surface area contributed by atoms with E-state index in [4.69, 9.17) is 9.15 Å². The van der Waals surface area contributed by atoms with Gasteiger partial charge in [-0.25, -0.2) is 14.2 Å². The smallest absolute Gasteiger partial charge is 0.361 e. The van der Waals surface area contributed by atoms with Gasteiger partial charge in [0.15, 0.2) is 11.5 Å². The molecule has 4 nitrogen and oxygen atoms in total. The van der Waals surface area contributed by atoms with Crippen molar-refractivity contribution in [3.8, 4) is 22.8 Å². The van der Waals surface area contributed by atoms with Gasteiger partial charge in [0.25, 0.3) is 0 Å². The van der Waals surface area contributed by atoms with Gasteiger partial charge in [0.05, 0.1) is 5.56 Å². The minimum Gasteiger partial charge on any atom is -0.456 e. The van der Waals surface area contributed by atoms with Crippen LogP contribution in [0.25, 0.3) is 22.8 Å². The van der Waals surface area contributed by atoms with Gasteiger partial charge in [-0.3, -0.25) is 0 Å². The van der Waals surface area contributed by atoms with Crippen LogP contribution in [-0.2, 0) is 11.3 Å². The Morgan fingerprint density at radius 2 is 1.54 bits per heavy atom. The number of carbonyl (C=O) groups is 1. The van der Waals surface area contributed by atoms with E-state index < -0.39 is 11.8 Å². The van der Waals surface area contributed by atoms with Crippen molar-refractivity contribution >= 4 is 5.97 Å². The first-order valence-electron chi connectivity index (χ1n) is 8.74. The van der Waals surface area contributed by atoms with E-state index in [0.29, 0.717) is 5.56 Å². The van der Waals surface area contributed by atoms with Crippen molar-refractivity contribution in [3.05, 3.63) is 102 Å². The molecule has 28 heavy (non-hydrogen) atoms. The number of aromatic nitrogens is 1. The second-order valence-corrected chi connectivity index (χ2v) is 6.10. The van der Waals surface area contributed by atoms with Gasteiger partial charge in [-0.15, -0.1) is 0 Å². The number of halogens is 1. The Kier molecular flexibility index (Phi) is 4.97. The van der Waals surface area contributed by atoms with Crippen molar-refractivity contribution in [2.75, 3.05) is 0 Å². The Morgan fingerprint density at radius 3 is 2.25 bits per heavy atom. The highest BCUT2D eigenvalue weighted by Crippen LogP contribution is 2.31. The average Bonchev–Trinajstić information content (AvgIpc) is 3.19. The van der Waals surface area contributed by atoms with Crippen LogP contribution in [0.4, 0.5) is 4.39 Å². The van der Waals surface area contributed by atoms with E-state index in [9.17, 15) is 9.18 Å². The summed E-state index contributed by atoms with van der Waals surface area (Å²) in [5.41, 5.74) is 1.71. The van der Waals surface area contributed by atoms with Gasteiger partial charge in [-0.1, -0.05) is 72.8 Å². The minimum absolute atomic E-state index is 0.0142. The van der Waals surface area contributed by atoms with Gasteiger partial charge >= 0.3 is 5.97 Å². The van der Waals surface area contributed by atoms with Crippen molar-refractivity contribution in [1.82, 2.24) is 4.98 Å². The van der Waals surface area contributed by atoms with Crippen LogP contribution >= 0.6 is 0 Å². The Labute approximate surface area is 161 Å². The molecule has 0 radical (unpaired) electrons. The summed E-state index contributed by atoms with van der Waals surface area (Å²) in [6.07, 6.45) is 0. The molecule has 4 rings (SSSR count). The summed E-state index contributed by atoms with van der Waals surface area (Å²) in [6, 6.07) is 24.5. The zero-order chi connectivity index (χ0) is 19.3. The average molecular weight is 373 g/mol. The van der Waals surface area contributed by atoms with E-state index in [0.717, 1.165) is 5.56 Å². The maximum absolute atomic E-state index is 14.2. The predicted molar refractivity (Wildman–Crippen MR) is 103 cm³/mol. The van der Waals surface area contributed by atoms with Crippen LogP contribution in [0.15, 0.2) is 89.3 Å². The van der Waals surface area contributed by atoms with E-state index >= 15 is 0 Å². The van der Waals surface area contributed by atoms with Crippen LogP contribution in [0.2, 0.25) is 0 Å². The number of ether oxygens (including phenoxy) is 1. The van der Waals surface area contributed by atoms with Crippen molar-refractivity contribution in [2.24, 2.45) is 0 Å². The third kappa shape index (κ3) is 3.69. The lowest BCUT2D eigenvalue weighted by Crippen LogP contribution is -2.07. The lowest BCUT2D eigenvalue weighted by atomic mass is 10.1. The van der Waals surface area contributed by atoms with Gasteiger partial charge in [0, 0.05) is 5.56 Å². The summed E-state index contributed by atoms with van der Waals surface area (Å²) < 4.78 is 25.4. The minimum atomic E-state index is -0.631. The van der Waals surface area contributed by atoms with Crippen molar-refractivity contribution in [2.45, 2.75) is 6.61 Å². The summed E-state index contributed by atoms with van der Waals surface area (Å²) in [5.74, 6) is -0.831. The number of oxazole rings is 1. The summed E-state index contributed by atoms with van der Waals surface area (Å²) >= 11 is 0. The molecule has 0 saturated heterocycles. The molecule has 0 spiro atoms. The standard InChI is InChI=1S/C23H16FNO3/c24-19-14-8-7-13-18(19)22-25-20(21(28-22)17-11-5-2-6-12-17)23(26)27-15-16-9-3-1-4-10-16/h1-14H,15H2. The fourth-order valence-corrected chi connectivity index (χ4v) is 2.78. The normalized spacial score (nSPS) is 10.6. The third-order valence-corrected chi connectivity index (χ3v) is 4.17. The Balaban J connectivity index is 1.70. The summed E-state index contributed by atoms with van der Waals surface area (Å²) in [4.78, 5) is 17.0. The molecule has 1 heterocycles. The largest absolute Gasteiger partial charge is 0.456 e. The number of esters is 1. The van der Waals surface area contributed by atoms with Gasteiger partial charge in [0.2, 0.25) is 5.89 Å². The van der Waals surface area contributed by atoms with E-state index in [1.165, 1.54) is 6.07 Å². The predicted octanol–water partition coefficient (Wildman–Crippen LogP) is 5.50. The highest BCUT2D eigenvalue weighted by atomic mass is 19.1. The van der Waals surface area contributed by atoms with Crippen molar-refractivity contribution in [1.29, 1.82) is 0 Å². The van der Waals surface area contributed by atoms with Crippen molar-refractivity contribution in [3.63, 3.8) is 0 Å². The number of rotatable bonds is 5. The first-order chi connectivity index (χ1) is 13.7. The topological polar surface area (TPSA) is 52.3 Å². The SMILES string of the molecule is O=C(OCc1ccccc1)c1nc(-c2ccccc2F)oc1-c1ccccc1. The van der Waals surface area contributed by atoms with Crippen molar-refractivity contribution < 1.29 is 18.3 Å². The molecule has 0 aliphatic carbocycles. The molecule has 0 bridgehead atoms. The molecule has 3 aromatic carbocycles. The second kappa shape index (κ2) is 7.88.